The molecule has 11 N–H and O–H groups in total. The molecule has 36 heavy (non-hydrogen) atoms. The molecule has 0 bridgehead atoms. The monoisotopic (exact) mass is 510 g/mol. The van der Waals surface area contributed by atoms with Gasteiger partial charge in [0, 0.05) is 18.3 Å². The molecule has 0 saturated carbocycles. The molecule has 1 heterocycles. The molecule has 0 radical (unpaired) electrons. The third kappa shape index (κ3) is 11.3. The number of nitrogens with two attached hydrogens (primary N) is 3. The number of unbranched alkanes of at least 4 members (excludes halogenated alkanes) is 1. The molecule has 0 aliphatic rings. The number of H-pyrrole nitrogens is 1. The zero-order chi connectivity index (χ0) is 27.3. The van der Waals surface area contributed by atoms with Gasteiger partial charge in [-0.15, -0.1) is 0 Å². The topological polar surface area (TPSA) is 248 Å². The Bertz CT molecular complexity index is 876. The molecule has 202 valence electrons. The number of carbonyl (C=O) groups is 5. The van der Waals surface area contributed by atoms with E-state index in [1.54, 1.807) is 0 Å². The van der Waals surface area contributed by atoms with Gasteiger partial charge in [0.2, 0.25) is 23.6 Å². The van der Waals surface area contributed by atoms with E-state index in [1.165, 1.54) is 12.5 Å². The molecule has 14 nitrogen and oxygen atoms in total. The Hall–Kier alpha value is -3.52. The van der Waals surface area contributed by atoms with Crippen LogP contribution in [0, 0.1) is 5.92 Å². The molecule has 0 fully saturated rings. The first-order valence-corrected chi connectivity index (χ1v) is 11.8. The van der Waals surface area contributed by atoms with Gasteiger partial charge in [0.25, 0.3) is 0 Å². The van der Waals surface area contributed by atoms with Crippen LogP contribution in [0.1, 0.15) is 51.6 Å². The van der Waals surface area contributed by atoms with Gasteiger partial charge in [-0.2, -0.15) is 0 Å². The number of hydrogen-bond acceptors (Lipinski definition) is 8. The number of imidazole rings is 1. The minimum absolute atomic E-state index is 0.0476. The Morgan fingerprint density at radius 1 is 1.00 bits per heavy atom. The largest absolute Gasteiger partial charge is 0.480 e. The molecule has 4 unspecified atom stereocenters. The molecule has 1 aromatic rings. The first-order valence-electron chi connectivity index (χ1n) is 11.8. The average Bonchev–Trinajstić information content (AvgIpc) is 3.29. The van der Waals surface area contributed by atoms with E-state index in [-0.39, 0.29) is 25.2 Å². The Balaban J connectivity index is 2.92. The summed E-state index contributed by atoms with van der Waals surface area (Å²) in [6.07, 6.45) is 3.96. The minimum atomic E-state index is -1.38. The molecule has 0 aromatic carbocycles. The van der Waals surface area contributed by atoms with Crippen LogP contribution in [0.25, 0.3) is 0 Å². The van der Waals surface area contributed by atoms with Crippen LogP contribution in [-0.2, 0) is 30.4 Å². The fraction of sp³-hybridized carbons (Fsp3) is 0.636. The van der Waals surface area contributed by atoms with Gasteiger partial charge in [-0.1, -0.05) is 13.8 Å². The Morgan fingerprint density at radius 3 is 2.14 bits per heavy atom. The van der Waals surface area contributed by atoms with Crippen LogP contribution in [0.2, 0.25) is 0 Å². The zero-order valence-electron chi connectivity index (χ0n) is 20.7. The second-order valence-electron chi connectivity index (χ2n) is 8.99. The smallest absolute Gasteiger partial charge is 0.326 e. The molecule has 1 aromatic heterocycles. The van der Waals surface area contributed by atoms with Crippen LogP contribution in [0.4, 0.5) is 0 Å². The van der Waals surface area contributed by atoms with Crippen LogP contribution < -0.4 is 33.2 Å². The van der Waals surface area contributed by atoms with E-state index in [0.29, 0.717) is 25.1 Å². The van der Waals surface area contributed by atoms with Crippen molar-refractivity contribution in [2.75, 3.05) is 6.54 Å². The van der Waals surface area contributed by atoms with Gasteiger partial charge in [0.1, 0.15) is 18.1 Å². The van der Waals surface area contributed by atoms with Crippen molar-refractivity contribution in [3.8, 4) is 0 Å². The number of carbonyl (C=O) groups excluding carboxylic acids is 4. The zero-order valence-corrected chi connectivity index (χ0v) is 20.7. The Kier molecular flexibility index (Phi) is 13.1. The Morgan fingerprint density at radius 2 is 1.61 bits per heavy atom. The number of carboxylic acids is 1. The number of aromatic nitrogens is 2. The summed E-state index contributed by atoms with van der Waals surface area (Å²) in [6.45, 7) is 4.03. The molecule has 0 aliphatic carbocycles. The van der Waals surface area contributed by atoms with Gasteiger partial charge < -0.3 is 43.2 Å². The summed E-state index contributed by atoms with van der Waals surface area (Å²) in [7, 11) is 0. The molecule has 0 saturated heterocycles. The van der Waals surface area contributed by atoms with Crippen molar-refractivity contribution in [1.29, 1.82) is 0 Å². The number of aromatic amines is 1. The first kappa shape index (κ1) is 30.5. The summed E-state index contributed by atoms with van der Waals surface area (Å²) >= 11 is 0. The van der Waals surface area contributed by atoms with Gasteiger partial charge in [0.15, 0.2) is 0 Å². The molecule has 4 atom stereocenters. The first-order chi connectivity index (χ1) is 16.9. The summed E-state index contributed by atoms with van der Waals surface area (Å²) in [5, 5.41) is 16.8. The summed E-state index contributed by atoms with van der Waals surface area (Å²) in [6, 6.07) is -4.70. The summed E-state index contributed by atoms with van der Waals surface area (Å²) < 4.78 is 0. The Labute approximate surface area is 209 Å². The van der Waals surface area contributed by atoms with E-state index >= 15 is 0 Å². The molecule has 4 amide bonds. The van der Waals surface area contributed by atoms with Crippen molar-refractivity contribution in [2.24, 2.45) is 23.1 Å². The van der Waals surface area contributed by atoms with Crippen LogP contribution >= 0.6 is 0 Å². The van der Waals surface area contributed by atoms with Gasteiger partial charge in [-0.05, 0) is 38.1 Å². The quantitative estimate of drug-likeness (QED) is 0.106. The number of nitrogens with zero attached hydrogens (tertiary/aromatic N) is 1. The number of rotatable bonds is 17. The lowest BCUT2D eigenvalue weighted by molar-refractivity contribution is -0.142. The number of hydrogen-bond donors (Lipinski definition) is 8. The van der Waals surface area contributed by atoms with Gasteiger partial charge >= 0.3 is 5.97 Å². The average molecular weight is 511 g/mol. The fourth-order valence-corrected chi connectivity index (χ4v) is 3.41. The lowest BCUT2D eigenvalue weighted by Crippen LogP contribution is -2.58. The highest BCUT2D eigenvalue weighted by Gasteiger charge is 2.31. The van der Waals surface area contributed by atoms with Crippen LogP contribution in [-0.4, -0.2) is 75.4 Å². The van der Waals surface area contributed by atoms with Crippen molar-refractivity contribution < 1.29 is 29.1 Å². The molecule has 0 aliphatic heterocycles. The van der Waals surface area contributed by atoms with Crippen LogP contribution in [0.5, 0.6) is 0 Å². The number of nitrogens with one attached hydrogen (secondary N) is 4. The van der Waals surface area contributed by atoms with Crippen molar-refractivity contribution in [3.63, 3.8) is 0 Å². The number of amides is 4. The number of carboxylic acid groups (broad SMARTS) is 1. The maximum absolute atomic E-state index is 13.0. The van der Waals surface area contributed by atoms with Crippen LogP contribution in [0.15, 0.2) is 12.5 Å². The van der Waals surface area contributed by atoms with E-state index in [9.17, 15) is 29.1 Å². The van der Waals surface area contributed by atoms with E-state index in [0.717, 1.165) is 0 Å². The summed E-state index contributed by atoms with van der Waals surface area (Å²) in [4.78, 5) is 68.2. The third-order valence-electron chi connectivity index (χ3n) is 5.27. The number of aliphatic carboxylic acids is 1. The molecule has 0 spiro atoms. The standard InChI is InChI=1S/C22H38N8O6/c1-12(2)7-16(20(33)28-15(22(35)36)5-3-4-6-23)30-21(34)17(9-18(25)31)29-19(32)14(24)8-13-10-26-11-27-13/h10-12,14-17H,3-9,23-24H2,1-2H3,(H2,25,31)(H,26,27)(H,28,33)(H,29,32)(H,30,34)(H,35,36). The van der Waals surface area contributed by atoms with Crippen molar-refractivity contribution in [2.45, 2.75) is 76.5 Å². The third-order valence-corrected chi connectivity index (χ3v) is 5.27. The van der Waals surface area contributed by atoms with Gasteiger partial charge in [0.05, 0.1) is 18.8 Å². The van der Waals surface area contributed by atoms with E-state index < -0.39 is 60.2 Å². The maximum atomic E-state index is 13.0. The second kappa shape index (κ2) is 15.5. The second-order valence-corrected chi connectivity index (χ2v) is 8.99. The summed E-state index contributed by atoms with van der Waals surface area (Å²) in [5.41, 5.74) is 17.2. The molecule has 14 heteroatoms. The van der Waals surface area contributed by atoms with Crippen molar-refractivity contribution in [1.82, 2.24) is 25.9 Å². The highest BCUT2D eigenvalue weighted by molar-refractivity contribution is 5.96. The fourth-order valence-electron chi connectivity index (χ4n) is 3.41. The predicted molar refractivity (Wildman–Crippen MR) is 130 cm³/mol. The molecular weight excluding hydrogens is 472 g/mol. The van der Waals surface area contributed by atoms with Crippen molar-refractivity contribution in [3.05, 3.63) is 18.2 Å². The van der Waals surface area contributed by atoms with Gasteiger partial charge in [-0.25, -0.2) is 9.78 Å². The SMILES string of the molecule is CC(C)CC(NC(=O)C(CC(N)=O)NC(=O)C(N)Cc1cnc[nH]1)C(=O)NC(CCCCN)C(=O)O. The van der Waals surface area contributed by atoms with E-state index in [2.05, 4.69) is 25.9 Å². The van der Waals surface area contributed by atoms with Gasteiger partial charge in [-0.3, -0.25) is 19.2 Å². The molecule has 1 rings (SSSR count). The van der Waals surface area contributed by atoms with E-state index in [4.69, 9.17) is 17.2 Å². The normalized spacial score (nSPS) is 14.4. The molecular formula is C22H38N8O6. The van der Waals surface area contributed by atoms with Crippen molar-refractivity contribution >= 4 is 29.6 Å². The van der Waals surface area contributed by atoms with E-state index in [1.807, 2.05) is 13.8 Å². The number of primary amides is 1. The lowest BCUT2D eigenvalue weighted by Gasteiger charge is -2.25. The highest BCUT2D eigenvalue weighted by Crippen LogP contribution is 2.09. The highest BCUT2D eigenvalue weighted by atomic mass is 16.4. The summed E-state index contributed by atoms with van der Waals surface area (Å²) in [5.74, 6) is -4.34. The maximum Gasteiger partial charge on any atom is 0.326 e. The lowest BCUT2D eigenvalue weighted by atomic mass is 10.0. The van der Waals surface area contributed by atoms with Crippen LogP contribution in [0.3, 0.4) is 0 Å². The minimum Gasteiger partial charge on any atom is -0.480 e. The predicted octanol–water partition coefficient (Wildman–Crippen LogP) is -2.13.